The van der Waals surface area contributed by atoms with Crippen LogP contribution in [0.15, 0.2) is 21.9 Å². The molecule has 0 saturated carbocycles. The lowest BCUT2D eigenvalue weighted by atomic mass is 10.1. The minimum atomic E-state index is 0.133. The van der Waals surface area contributed by atoms with Crippen LogP contribution in [-0.2, 0) is 11.2 Å². The summed E-state index contributed by atoms with van der Waals surface area (Å²) in [6, 6.07) is 4.34. The molecule has 22 heavy (non-hydrogen) atoms. The molecule has 0 radical (unpaired) electrons. The van der Waals surface area contributed by atoms with Gasteiger partial charge in [0.1, 0.15) is 5.76 Å². The molecule has 3 rings (SSSR count). The van der Waals surface area contributed by atoms with Crippen molar-refractivity contribution < 1.29 is 9.21 Å². The molecule has 1 saturated heterocycles. The lowest BCUT2D eigenvalue weighted by molar-refractivity contribution is -0.131. The molecule has 0 bridgehead atoms. The number of rotatable bonds is 4. The molecule has 118 valence electrons. The molecule has 2 aromatic heterocycles. The number of thiophene rings is 1. The van der Waals surface area contributed by atoms with Crippen molar-refractivity contribution in [2.75, 3.05) is 20.1 Å². The second-order valence-corrected chi connectivity index (χ2v) is 6.59. The number of hydrogen-bond donors (Lipinski definition) is 1. The fourth-order valence-electron chi connectivity index (χ4n) is 2.79. The lowest BCUT2D eigenvalue weighted by Gasteiger charge is -2.32. The summed E-state index contributed by atoms with van der Waals surface area (Å²) in [6.07, 6.45) is 2.50. The Kier molecular flexibility index (Phi) is 4.59. The maximum atomic E-state index is 12.5. The first-order valence-electron chi connectivity index (χ1n) is 7.62. The van der Waals surface area contributed by atoms with E-state index in [4.69, 9.17) is 4.42 Å². The number of aromatic nitrogens is 1. The van der Waals surface area contributed by atoms with Gasteiger partial charge in [0.2, 0.25) is 11.8 Å². The second kappa shape index (κ2) is 6.62. The van der Waals surface area contributed by atoms with Gasteiger partial charge in [-0.15, -0.1) is 11.3 Å². The van der Waals surface area contributed by atoms with Gasteiger partial charge in [0.15, 0.2) is 0 Å². The van der Waals surface area contributed by atoms with Crippen LogP contribution < -0.4 is 5.32 Å². The van der Waals surface area contributed by atoms with Crippen molar-refractivity contribution in [3.63, 3.8) is 0 Å². The summed E-state index contributed by atoms with van der Waals surface area (Å²) in [6.45, 7) is 3.50. The molecule has 6 heteroatoms. The zero-order chi connectivity index (χ0) is 15.5. The Morgan fingerprint density at radius 1 is 1.59 bits per heavy atom. The van der Waals surface area contributed by atoms with Crippen molar-refractivity contribution in [1.29, 1.82) is 0 Å². The van der Waals surface area contributed by atoms with Crippen LogP contribution in [0.4, 0.5) is 0 Å². The van der Waals surface area contributed by atoms with E-state index < -0.39 is 0 Å². The number of oxazole rings is 1. The van der Waals surface area contributed by atoms with Crippen LogP contribution in [0.5, 0.6) is 0 Å². The standard InChI is InChI=1S/C16H21N3O2S/c1-11-13(18-16(21-11)14-6-4-8-22-14)9-15(20)19-7-3-5-12(10-19)17-2/h4,6,8,12,17H,3,5,7,9-10H2,1-2H3. The maximum absolute atomic E-state index is 12.5. The van der Waals surface area contributed by atoms with Gasteiger partial charge < -0.3 is 14.6 Å². The molecule has 2 aromatic rings. The van der Waals surface area contributed by atoms with Gasteiger partial charge in [0.05, 0.1) is 17.0 Å². The smallest absolute Gasteiger partial charge is 0.236 e. The Morgan fingerprint density at radius 2 is 2.45 bits per heavy atom. The van der Waals surface area contributed by atoms with E-state index >= 15 is 0 Å². The topological polar surface area (TPSA) is 58.4 Å². The van der Waals surface area contributed by atoms with Crippen LogP contribution >= 0.6 is 11.3 Å². The monoisotopic (exact) mass is 319 g/mol. The van der Waals surface area contributed by atoms with Crippen LogP contribution in [0, 0.1) is 6.92 Å². The van der Waals surface area contributed by atoms with Gasteiger partial charge in [-0.05, 0) is 38.3 Å². The number of likely N-dealkylation sites (N-methyl/N-ethyl adjacent to an activating group) is 1. The third-order valence-electron chi connectivity index (χ3n) is 4.13. The minimum absolute atomic E-state index is 0.133. The third-order valence-corrected chi connectivity index (χ3v) is 4.98. The van der Waals surface area contributed by atoms with Crippen LogP contribution in [0.25, 0.3) is 10.8 Å². The van der Waals surface area contributed by atoms with Gasteiger partial charge >= 0.3 is 0 Å². The van der Waals surface area contributed by atoms with E-state index in [-0.39, 0.29) is 5.91 Å². The summed E-state index contributed by atoms with van der Waals surface area (Å²) in [5.74, 6) is 1.48. The minimum Gasteiger partial charge on any atom is -0.440 e. The summed E-state index contributed by atoms with van der Waals surface area (Å²) < 4.78 is 5.71. The predicted molar refractivity (Wildman–Crippen MR) is 86.9 cm³/mol. The fourth-order valence-corrected chi connectivity index (χ4v) is 3.44. The van der Waals surface area contributed by atoms with Crippen molar-refractivity contribution in [2.45, 2.75) is 32.2 Å². The van der Waals surface area contributed by atoms with Crippen LogP contribution in [0.3, 0.4) is 0 Å². The summed E-state index contributed by atoms with van der Waals surface area (Å²) >= 11 is 1.59. The van der Waals surface area contributed by atoms with Crippen LogP contribution in [0.1, 0.15) is 24.3 Å². The van der Waals surface area contributed by atoms with Gasteiger partial charge in [-0.1, -0.05) is 6.07 Å². The van der Waals surface area contributed by atoms with E-state index in [0.29, 0.717) is 18.4 Å². The number of nitrogens with one attached hydrogen (secondary N) is 1. The Labute approximate surface area is 134 Å². The van der Waals surface area contributed by atoms with E-state index in [2.05, 4.69) is 10.3 Å². The molecule has 1 atom stereocenters. The molecule has 1 amide bonds. The molecular weight excluding hydrogens is 298 g/mol. The van der Waals surface area contributed by atoms with Crippen molar-refractivity contribution in [2.24, 2.45) is 0 Å². The van der Waals surface area contributed by atoms with Gasteiger partial charge in [-0.3, -0.25) is 4.79 Å². The van der Waals surface area contributed by atoms with E-state index in [1.165, 1.54) is 0 Å². The van der Waals surface area contributed by atoms with Crippen molar-refractivity contribution in [1.82, 2.24) is 15.2 Å². The molecule has 0 spiro atoms. The van der Waals surface area contributed by atoms with E-state index in [1.807, 2.05) is 36.4 Å². The number of carbonyl (C=O) groups is 1. The normalized spacial score (nSPS) is 18.6. The molecule has 0 aromatic carbocycles. The zero-order valence-electron chi connectivity index (χ0n) is 13.0. The van der Waals surface area contributed by atoms with Crippen LogP contribution in [-0.4, -0.2) is 42.0 Å². The second-order valence-electron chi connectivity index (χ2n) is 5.64. The molecule has 1 aliphatic rings. The maximum Gasteiger partial charge on any atom is 0.236 e. The highest BCUT2D eigenvalue weighted by molar-refractivity contribution is 7.13. The molecule has 1 unspecified atom stereocenters. The number of piperidine rings is 1. The Balaban J connectivity index is 1.69. The first-order chi connectivity index (χ1) is 10.7. The average Bonchev–Trinajstić information content (AvgIpc) is 3.18. The third kappa shape index (κ3) is 3.23. The first kappa shape index (κ1) is 15.2. The molecule has 1 fully saturated rings. The largest absolute Gasteiger partial charge is 0.440 e. The van der Waals surface area contributed by atoms with E-state index in [9.17, 15) is 4.79 Å². The van der Waals surface area contributed by atoms with Crippen molar-refractivity contribution >= 4 is 17.2 Å². The Morgan fingerprint density at radius 3 is 3.18 bits per heavy atom. The Bertz CT molecular complexity index is 636. The SMILES string of the molecule is CNC1CCCN(C(=O)Cc2nc(-c3cccs3)oc2C)C1. The zero-order valence-corrected chi connectivity index (χ0v) is 13.8. The molecular formula is C16H21N3O2S. The molecule has 5 nitrogen and oxygen atoms in total. The predicted octanol–water partition coefficient (Wildman–Crippen LogP) is 2.46. The summed E-state index contributed by atoms with van der Waals surface area (Å²) in [5, 5.41) is 5.25. The number of aryl methyl sites for hydroxylation is 1. The quantitative estimate of drug-likeness (QED) is 0.940. The van der Waals surface area contributed by atoms with E-state index in [0.717, 1.165) is 42.3 Å². The highest BCUT2D eigenvalue weighted by Crippen LogP contribution is 2.26. The number of hydrogen-bond acceptors (Lipinski definition) is 5. The van der Waals surface area contributed by atoms with Gasteiger partial charge in [0.25, 0.3) is 0 Å². The highest BCUT2D eigenvalue weighted by atomic mass is 32.1. The molecule has 1 aliphatic heterocycles. The number of amides is 1. The first-order valence-corrected chi connectivity index (χ1v) is 8.50. The van der Waals surface area contributed by atoms with Crippen molar-refractivity contribution in [3.05, 3.63) is 29.0 Å². The lowest BCUT2D eigenvalue weighted by Crippen LogP contribution is -2.47. The van der Waals surface area contributed by atoms with E-state index in [1.54, 1.807) is 11.3 Å². The molecule has 0 aliphatic carbocycles. The Hall–Kier alpha value is -1.66. The molecule has 1 N–H and O–H groups in total. The summed E-state index contributed by atoms with van der Waals surface area (Å²) in [7, 11) is 1.95. The van der Waals surface area contributed by atoms with Crippen molar-refractivity contribution in [3.8, 4) is 10.8 Å². The number of likely N-dealkylation sites (tertiary alicyclic amines) is 1. The highest BCUT2D eigenvalue weighted by Gasteiger charge is 2.24. The van der Waals surface area contributed by atoms with Gasteiger partial charge in [-0.2, -0.15) is 0 Å². The summed E-state index contributed by atoms with van der Waals surface area (Å²) in [4.78, 5) is 19.9. The average molecular weight is 319 g/mol. The van der Waals surface area contributed by atoms with Gasteiger partial charge in [0, 0.05) is 19.1 Å². The summed E-state index contributed by atoms with van der Waals surface area (Å²) in [5.41, 5.74) is 0.750. The molecule has 3 heterocycles. The van der Waals surface area contributed by atoms with Crippen LogP contribution in [0.2, 0.25) is 0 Å². The number of nitrogens with zero attached hydrogens (tertiary/aromatic N) is 2. The fraction of sp³-hybridized carbons (Fsp3) is 0.500. The number of carbonyl (C=O) groups excluding carboxylic acids is 1. The van der Waals surface area contributed by atoms with Gasteiger partial charge in [-0.25, -0.2) is 4.98 Å².